The molecular weight excluding hydrogens is 445 g/mol. The van der Waals surface area contributed by atoms with Crippen molar-refractivity contribution in [1.29, 1.82) is 0 Å². The summed E-state index contributed by atoms with van der Waals surface area (Å²) in [4.78, 5) is 20.4. The summed E-state index contributed by atoms with van der Waals surface area (Å²) in [6.45, 7) is 0.819. The monoisotopic (exact) mass is 467 g/mol. The lowest BCUT2D eigenvalue weighted by Crippen LogP contribution is -2.57. The number of nitrogens with two attached hydrogens (primary N) is 2. The molecule has 0 aliphatic carbocycles. The number of hydrogen-bond donors (Lipinski definition) is 3. The van der Waals surface area contributed by atoms with Crippen molar-refractivity contribution in [3.63, 3.8) is 0 Å². The number of rotatable bonds is 4. The van der Waals surface area contributed by atoms with Crippen LogP contribution in [-0.4, -0.2) is 44.9 Å². The number of halogens is 3. The maximum atomic E-state index is 14.1. The van der Waals surface area contributed by atoms with Gasteiger partial charge in [-0.2, -0.15) is 15.5 Å². The minimum absolute atomic E-state index is 0.00904. The Balaban J connectivity index is 1.63. The van der Waals surface area contributed by atoms with Gasteiger partial charge in [-0.3, -0.25) is 9.78 Å². The number of nitrogens with zero attached hydrogens (tertiary/aromatic N) is 5. The van der Waals surface area contributed by atoms with E-state index in [1.165, 1.54) is 10.9 Å². The fourth-order valence-electron chi connectivity index (χ4n) is 3.88. The second-order valence-electron chi connectivity index (χ2n) is 7.68. The lowest BCUT2D eigenvalue weighted by atomic mass is 10.2. The fourth-order valence-corrected chi connectivity index (χ4v) is 4.76. The predicted octanol–water partition coefficient (Wildman–Crippen LogP) is 2.75. The van der Waals surface area contributed by atoms with Crippen molar-refractivity contribution in [3.05, 3.63) is 35.9 Å². The topological polar surface area (TPSA) is 125 Å². The van der Waals surface area contributed by atoms with Gasteiger partial charge < -0.3 is 11.1 Å². The molecule has 3 aromatic rings. The molecule has 1 amide bonds. The van der Waals surface area contributed by atoms with Crippen LogP contribution in [0.3, 0.4) is 0 Å². The molecule has 0 spiro atoms. The molecule has 32 heavy (non-hydrogen) atoms. The van der Waals surface area contributed by atoms with Crippen molar-refractivity contribution in [1.82, 2.24) is 24.3 Å². The molecule has 0 saturated carbocycles. The minimum atomic E-state index is -0.924. The number of carbonyl (C=O) groups is 1. The molecule has 1 aliphatic heterocycles. The van der Waals surface area contributed by atoms with Crippen molar-refractivity contribution >= 4 is 33.8 Å². The lowest BCUT2D eigenvalue weighted by molar-refractivity contribution is 0.102. The maximum absolute atomic E-state index is 14.1. The summed E-state index contributed by atoms with van der Waals surface area (Å²) in [6, 6.07) is 0. The van der Waals surface area contributed by atoms with Gasteiger partial charge in [0, 0.05) is 19.9 Å². The third-order valence-corrected chi connectivity index (χ3v) is 6.33. The summed E-state index contributed by atoms with van der Waals surface area (Å²) in [6.07, 6.45) is 3.52. The zero-order chi connectivity index (χ0) is 23.0. The first kappa shape index (κ1) is 22.2. The number of nitrogens with one attached hydrogen (secondary N) is 1. The Morgan fingerprint density at radius 1 is 1.25 bits per heavy atom. The number of aryl methyl sites for hydroxylation is 1. The number of nitrogen functional groups attached to an aromatic ring is 1. The molecular formula is C19H22F3N8OS+. The summed E-state index contributed by atoms with van der Waals surface area (Å²) in [5.74, 6) is 4.57. The summed E-state index contributed by atoms with van der Waals surface area (Å²) in [5, 5.41) is 6.79. The first-order valence-electron chi connectivity index (χ1n) is 9.89. The van der Waals surface area contributed by atoms with Crippen molar-refractivity contribution in [2.45, 2.75) is 25.4 Å². The Bertz CT molecular complexity index is 1150. The van der Waals surface area contributed by atoms with Crippen LogP contribution in [-0.2, 0) is 7.05 Å². The number of alkyl halides is 1. The molecule has 4 rings (SSSR count). The van der Waals surface area contributed by atoms with E-state index in [9.17, 15) is 18.0 Å². The molecule has 13 heteroatoms. The Hall–Kier alpha value is -3.03. The minimum Gasteiger partial charge on any atom is -0.389 e. The van der Waals surface area contributed by atoms with Gasteiger partial charge >= 0.3 is 0 Å². The average molecular weight is 468 g/mol. The highest BCUT2D eigenvalue weighted by molar-refractivity contribution is 7.19. The zero-order valence-electron chi connectivity index (χ0n) is 17.2. The second-order valence-corrected chi connectivity index (χ2v) is 8.71. The SMILES string of the molecule is Cn1ncc(NC(=O)c2nc(-c3c(F)cncc3F)sc2N)c1[N+]1(N)CCC[C@H](F)CC1. The maximum Gasteiger partial charge on any atom is 0.277 e. The molecule has 4 heterocycles. The molecule has 0 radical (unpaired) electrons. The van der Waals surface area contributed by atoms with Crippen molar-refractivity contribution in [2.24, 2.45) is 12.9 Å². The van der Waals surface area contributed by atoms with E-state index >= 15 is 0 Å². The van der Waals surface area contributed by atoms with E-state index in [4.69, 9.17) is 11.6 Å². The third-order valence-electron chi connectivity index (χ3n) is 5.43. The average Bonchev–Trinajstić information content (AvgIpc) is 3.23. The summed E-state index contributed by atoms with van der Waals surface area (Å²) in [7, 11) is 1.68. The zero-order valence-corrected chi connectivity index (χ0v) is 18.0. The van der Waals surface area contributed by atoms with E-state index in [-0.39, 0.29) is 20.3 Å². The first-order valence-corrected chi connectivity index (χ1v) is 10.7. The molecule has 1 saturated heterocycles. The van der Waals surface area contributed by atoms with Gasteiger partial charge in [0.15, 0.2) is 17.3 Å². The summed E-state index contributed by atoms with van der Waals surface area (Å²) >= 11 is 0.781. The van der Waals surface area contributed by atoms with Gasteiger partial charge in [0.2, 0.25) is 0 Å². The van der Waals surface area contributed by atoms with Crippen molar-refractivity contribution < 1.29 is 18.0 Å². The summed E-state index contributed by atoms with van der Waals surface area (Å²) in [5.41, 5.74) is 5.66. The number of carbonyl (C=O) groups excluding carboxylic acids is 1. The standard InChI is InChI=1S/C19H21F3N8OS/c1-29-19(30(24)5-2-3-10(20)4-6-30)13(9-26-29)27-17(31)15-16(23)32-18(28-15)14-11(21)7-25-8-12(14)22/h7-10H,2-6,24H2,1H3,(H2-,23,25,27,31)/p+1/t10-,30?/m0/s1. The van der Waals surface area contributed by atoms with Crippen LogP contribution >= 0.6 is 11.3 Å². The van der Waals surface area contributed by atoms with Gasteiger partial charge in [-0.05, 0) is 6.42 Å². The highest BCUT2D eigenvalue weighted by atomic mass is 32.1. The first-order chi connectivity index (χ1) is 15.2. The van der Waals surface area contributed by atoms with Gasteiger partial charge in [0.05, 0.1) is 24.2 Å². The van der Waals surface area contributed by atoms with Crippen LogP contribution in [0, 0.1) is 11.6 Å². The van der Waals surface area contributed by atoms with E-state index in [0.29, 0.717) is 43.9 Å². The Morgan fingerprint density at radius 2 is 1.97 bits per heavy atom. The highest BCUT2D eigenvalue weighted by Crippen LogP contribution is 2.35. The molecule has 2 atom stereocenters. The molecule has 170 valence electrons. The van der Waals surface area contributed by atoms with E-state index in [0.717, 1.165) is 23.7 Å². The van der Waals surface area contributed by atoms with E-state index in [1.54, 1.807) is 7.05 Å². The Kier molecular flexibility index (Phi) is 5.88. The van der Waals surface area contributed by atoms with Crippen LogP contribution in [0.15, 0.2) is 18.6 Å². The number of pyridine rings is 1. The normalized spacial score (nSPS) is 21.3. The van der Waals surface area contributed by atoms with Crippen LogP contribution in [0.4, 0.5) is 29.7 Å². The molecule has 1 fully saturated rings. The Morgan fingerprint density at radius 3 is 2.69 bits per heavy atom. The van der Waals surface area contributed by atoms with Crippen molar-refractivity contribution in [2.75, 3.05) is 24.1 Å². The number of thiazole rings is 1. The summed E-state index contributed by atoms with van der Waals surface area (Å²) < 4.78 is 43.4. The highest BCUT2D eigenvalue weighted by Gasteiger charge is 2.37. The molecule has 0 bridgehead atoms. The molecule has 1 unspecified atom stereocenters. The largest absolute Gasteiger partial charge is 0.389 e. The van der Waals surface area contributed by atoms with Gasteiger partial charge in [0.25, 0.3) is 11.7 Å². The van der Waals surface area contributed by atoms with Crippen LogP contribution in [0.5, 0.6) is 0 Å². The predicted molar refractivity (Wildman–Crippen MR) is 115 cm³/mol. The van der Waals surface area contributed by atoms with Crippen LogP contribution in [0.1, 0.15) is 29.8 Å². The number of anilines is 2. The quantitative estimate of drug-likeness (QED) is 0.400. The van der Waals surface area contributed by atoms with E-state index in [1.807, 2.05) is 0 Å². The molecule has 3 aromatic heterocycles. The molecule has 1 aliphatic rings. The van der Waals surface area contributed by atoms with Gasteiger partial charge in [-0.1, -0.05) is 11.3 Å². The Labute approximate surface area is 185 Å². The molecule has 0 aromatic carbocycles. The van der Waals surface area contributed by atoms with Gasteiger partial charge in [-0.25, -0.2) is 22.8 Å². The van der Waals surface area contributed by atoms with E-state index < -0.39 is 29.3 Å². The van der Waals surface area contributed by atoms with Crippen molar-refractivity contribution in [3.8, 4) is 10.6 Å². The van der Waals surface area contributed by atoms with Gasteiger partial charge in [-0.15, -0.1) is 0 Å². The number of amides is 1. The number of quaternary nitrogens is 1. The van der Waals surface area contributed by atoms with Crippen LogP contribution in [0.25, 0.3) is 10.6 Å². The molecule has 5 N–H and O–H groups in total. The van der Waals surface area contributed by atoms with Crippen LogP contribution in [0.2, 0.25) is 0 Å². The van der Waals surface area contributed by atoms with Gasteiger partial charge in [0.1, 0.15) is 35.0 Å². The lowest BCUT2D eigenvalue weighted by Gasteiger charge is -2.31. The fraction of sp³-hybridized carbons (Fsp3) is 0.368. The molecule has 9 nitrogen and oxygen atoms in total. The van der Waals surface area contributed by atoms with Crippen LogP contribution < -0.4 is 21.5 Å². The third kappa shape index (κ3) is 4.06. The second kappa shape index (κ2) is 8.48. The number of hydrogen-bond acceptors (Lipinski definition) is 7. The number of aromatic nitrogens is 4. The smallest absolute Gasteiger partial charge is 0.277 e. The van der Waals surface area contributed by atoms with E-state index in [2.05, 4.69) is 20.4 Å².